The van der Waals surface area contributed by atoms with Crippen LogP contribution in [0.25, 0.3) is 11.1 Å². The zero-order valence-electron chi connectivity index (χ0n) is 11.3. The minimum atomic E-state index is 0.618. The lowest BCUT2D eigenvalue weighted by atomic mass is 10.1. The molecular formula is C15H17NO2S. The van der Waals surface area contributed by atoms with Crippen molar-refractivity contribution in [3.05, 3.63) is 36.5 Å². The van der Waals surface area contributed by atoms with E-state index in [4.69, 9.17) is 9.47 Å². The number of ether oxygens (including phenoxy) is 2. The topological polar surface area (TPSA) is 31.4 Å². The molecule has 0 saturated heterocycles. The fourth-order valence-electron chi connectivity index (χ4n) is 1.86. The molecule has 0 unspecified atom stereocenters. The van der Waals surface area contributed by atoms with E-state index in [1.165, 1.54) is 0 Å². The van der Waals surface area contributed by atoms with Crippen LogP contribution < -0.4 is 9.47 Å². The molecule has 2 rings (SSSR count). The van der Waals surface area contributed by atoms with Crippen LogP contribution >= 0.6 is 11.8 Å². The quantitative estimate of drug-likeness (QED) is 0.775. The molecule has 0 atom stereocenters. The van der Waals surface area contributed by atoms with E-state index >= 15 is 0 Å². The van der Waals surface area contributed by atoms with Gasteiger partial charge in [0.15, 0.2) is 0 Å². The molecule has 0 amide bonds. The van der Waals surface area contributed by atoms with Gasteiger partial charge in [-0.1, -0.05) is 12.1 Å². The summed E-state index contributed by atoms with van der Waals surface area (Å²) in [5.41, 5.74) is 2.27. The summed E-state index contributed by atoms with van der Waals surface area (Å²) in [6, 6.07) is 10.0. The van der Waals surface area contributed by atoms with Gasteiger partial charge in [0.1, 0.15) is 5.75 Å². The predicted molar refractivity (Wildman–Crippen MR) is 79.2 cm³/mol. The van der Waals surface area contributed by atoms with Gasteiger partial charge >= 0.3 is 0 Å². The van der Waals surface area contributed by atoms with E-state index in [0.717, 1.165) is 21.8 Å². The van der Waals surface area contributed by atoms with Crippen molar-refractivity contribution in [3.63, 3.8) is 0 Å². The molecule has 3 nitrogen and oxygen atoms in total. The van der Waals surface area contributed by atoms with Crippen LogP contribution in [0, 0.1) is 0 Å². The van der Waals surface area contributed by atoms with Crippen LogP contribution in [0.15, 0.2) is 41.4 Å². The normalized spacial score (nSPS) is 10.3. The summed E-state index contributed by atoms with van der Waals surface area (Å²) in [4.78, 5) is 5.36. The molecule has 0 aliphatic carbocycles. The van der Waals surface area contributed by atoms with Crippen molar-refractivity contribution in [2.24, 2.45) is 0 Å². The minimum absolute atomic E-state index is 0.618. The maximum Gasteiger partial charge on any atom is 0.227 e. The predicted octanol–water partition coefficient (Wildman–Crippen LogP) is 3.88. The van der Waals surface area contributed by atoms with Crippen molar-refractivity contribution < 1.29 is 9.47 Å². The van der Waals surface area contributed by atoms with Crippen LogP contribution in [0.1, 0.15) is 6.92 Å². The maximum absolute atomic E-state index is 5.58. The highest BCUT2D eigenvalue weighted by atomic mass is 32.2. The van der Waals surface area contributed by atoms with Crippen molar-refractivity contribution in [2.45, 2.75) is 11.8 Å². The third-order valence-corrected chi connectivity index (χ3v) is 3.56. The summed E-state index contributed by atoms with van der Waals surface area (Å²) < 4.78 is 10.8. The van der Waals surface area contributed by atoms with Crippen molar-refractivity contribution in [1.82, 2.24) is 4.98 Å². The average molecular weight is 275 g/mol. The summed E-state index contributed by atoms with van der Waals surface area (Å²) in [5.74, 6) is 1.55. The average Bonchev–Trinajstić information content (AvgIpc) is 2.47. The lowest BCUT2D eigenvalue weighted by molar-refractivity contribution is 0.318. The van der Waals surface area contributed by atoms with Gasteiger partial charge in [0.25, 0.3) is 0 Å². The molecule has 19 heavy (non-hydrogen) atoms. The van der Waals surface area contributed by atoms with Gasteiger partial charge in [-0.15, -0.1) is 11.8 Å². The highest BCUT2D eigenvalue weighted by molar-refractivity contribution is 7.98. The molecule has 0 saturated carbocycles. The van der Waals surface area contributed by atoms with Gasteiger partial charge in [-0.05, 0) is 36.9 Å². The number of hydrogen-bond donors (Lipinski definition) is 0. The molecule has 0 bridgehead atoms. The van der Waals surface area contributed by atoms with E-state index in [1.54, 1.807) is 25.1 Å². The number of methoxy groups -OCH3 is 1. The van der Waals surface area contributed by atoms with Gasteiger partial charge < -0.3 is 9.47 Å². The zero-order valence-corrected chi connectivity index (χ0v) is 12.2. The van der Waals surface area contributed by atoms with Crippen molar-refractivity contribution in [1.29, 1.82) is 0 Å². The molecule has 0 N–H and O–H groups in total. The van der Waals surface area contributed by atoms with E-state index in [0.29, 0.717) is 12.5 Å². The molecule has 0 aliphatic rings. The van der Waals surface area contributed by atoms with Gasteiger partial charge in [-0.2, -0.15) is 0 Å². The lowest BCUT2D eigenvalue weighted by Gasteiger charge is -2.12. The van der Waals surface area contributed by atoms with Crippen molar-refractivity contribution >= 4 is 11.8 Å². The third kappa shape index (κ3) is 3.01. The molecule has 0 spiro atoms. The molecule has 1 heterocycles. The Kier molecular flexibility index (Phi) is 4.68. The molecule has 2 aromatic rings. The van der Waals surface area contributed by atoms with Gasteiger partial charge in [0.05, 0.1) is 18.6 Å². The van der Waals surface area contributed by atoms with Crippen LogP contribution in [-0.2, 0) is 0 Å². The Bertz CT molecular complexity index is 540. The largest absolute Gasteiger partial charge is 0.497 e. The molecule has 0 radical (unpaired) electrons. The summed E-state index contributed by atoms with van der Waals surface area (Å²) in [6.45, 7) is 2.58. The number of hydrogen-bond acceptors (Lipinski definition) is 4. The van der Waals surface area contributed by atoms with E-state index < -0.39 is 0 Å². The highest BCUT2D eigenvalue weighted by Gasteiger charge is 2.11. The molecular weight excluding hydrogens is 258 g/mol. The van der Waals surface area contributed by atoms with E-state index in [-0.39, 0.29) is 0 Å². The van der Waals surface area contributed by atoms with Crippen LogP contribution in [-0.4, -0.2) is 25.0 Å². The maximum atomic E-state index is 5.58. The number of benzene rings is 1. The van der Waals surface area contributed by atoms with Crippen LogP contribution in [0.3, 0.4) is 0 Å². The first kappa shape index (κ1) is 13.7. The Hall–Kier alpha value is -1.68. The molecule has 1 aromatic heterocycles. The van der Waals surface area contributed by atoms with Gasteiger partial charge in [0, 0.05) is 11.8 Å². The van der Waals surface area contributed by atoms with Crippen molar-refractivity contribution in [2.75, 3.05) is 20.0 Å². The van der Waals surface area contributed by atoms with E-state index in [2.05, 4.69) is 4.98 Å². The summed E-state index contributed by atoms with van der Waals surface area (Å²) in [7, 11) is 1.67. The summed E-state index contributed by atoms with van der Waals surface area (Å²) in [6.07, 6.45) is 3.82. The molecule has 4 heteroatoms. The monoisotopic (exact) mass is 275 g/mol. The second-order valence-electron chi connectivity index (χ2n) is 3.86. The summed E-state index contributed by atoms with van der Waals surface area (Å²) in [5, 5.41) is 0. The van der Waals surface area contributed by atoms with Gasteiger partial charge in [-0.3, -0.25) is 0 Å². The first-order valence-electron chi connectivity index (χ1n) is 6.10. The number of rotatable bonds is 5. The molecule has 0 aliphatic heterocycles. The Morgan fingerprint density at radius 2 is 1.89 bits per heavy atom. The minimum Gasteiger partial charge on any atom is -0.497 e. The second kappa shape index (κ2) is 6.48. The number of thioether (sulfide) groups is 1. The fraction of sp³-hybridized carbons (Fsp3) is 0.267. The standard InChI is InChI=1S/C15H17NO2S/c1-4-18-15-14(19-3)13(9-10-16-15)11-5-7-12(17-2)8-6-11/h5-10H,4H2,1-3H3. The fourth-order valence-corrected chi connectivity index (χ4v) is 2.56. The lowest BCUT2D eigenvalue weighted by Crippen LogP contribution is -1.97. The first-order chi connectivity index (χ1) is 9.30. The Balaban J connectivity index is 2.45. The molecule has 1 aromatic carbocycles. The number of pyridine rings is 1. The zero-order chi connectivity index (χ0) is 13.7. The van der Waals surface area contributed by atoms with Crippen molar-refractivity contribution in [3.8, 4) is 22.8 Å². The van der Waals surface area contributed by atoms with Crippen LogP contribution in [0.4, 0.5) is 0 Å². The SMILES string of the molecule is CCOc1nccc(-c2ccc(OC)cc2)c1SC. The Morgan fingerprint density at radius 3 is 2.47 bits per heavy atom. The van der Waals surface area contributed by atoms with Gasteiger partial charge in [-0.25, -0.2) is 4.98 Å². The van der Waals surface area contributed by atoms with Gasteiger partial charge in [0.2, 0.25) is 5.88 Å². The van der Waals surface area contributed by atoms with E-state index in [1.807, 2.05) is 43.5 Å². The Morgan fingerprint density at radius 1 is 1.16 bits per heavy atom. The molecule has 100 valence electrons. The summed E-state index contributed by atoms with van der Waals surface area (Å²) >= 11 is 1.65. The highest BCUT2D eigenvalue weighted by Crippen LogP contribution is 2.36. The third-order valence-electron chi connectivity index (χ3n) is 2.76. The number of nitrogens with zero attached hydrogens (tertiary/aromatic N) is 1. The Labute approximate surface area is 118 Å². The smallest absolute Gasteiger partial charge is 0.227 e. The molecule has 0 fully saturated rings. The second-order valence-corrected chi connectivity index (χ2v) is 4.67. The number of aromatic nitrogens is 1. The first-order valence-corrected chi connectivity index (χ1v) is 7.32. The van der Waals surface area contributed by atoms with Crippen LogP contribution in [0.5, 0.6) is 11.6 Å². The van der Waals surface area contributed by atoms with E-state index in [9.17, 15) is 0 Å². The van der Waals surface area contributed by atoms with Crippen LogP contribution in [0.2, 0.25) is 0 Å².